The van der Waals surface area contributed by atoms with Crippen molar-refractivity contribution in [3.8, 4) is 11.5 Å². The number of fused-ring (bicyclic) bond motifs is 1. The number of hydrogen-bond acceptors (Lipinski definition) is 3. The molecule has 0 saturated heterocycles. The molecule has 4 nitrogen and oxygen atoms in total. The first-order valence-corrected chi connectivity index (χ1v) is 7.72. The average Bonchev–Trinajstić information content (AvgIpc) is 3.06. The second-order valence-electron chi connectivity index (χ2n) is 5.53. The lowest BCUT2D eigenvalue weighted by molar-refractivity contribution is 0.102. The van der Waals surface area contributed by atoms with E-state index in [2.05, 4.69) is 10.3 Å². The number of hydrogen-bond donors (Lipinski definition) is 1. The summed E-state index contributed by atoms with van der Waals surface area (Å²) in [5.74, 6) is -0.102. The fraction of sp³-hybridized carbons (Fsp3) is 0. The van der Waals surface area contributed by atoms with Gasteiger partial charge in [-0.25, -0.2) is 9.37 Å². The molecule has 0 radical (unpaired) electrons. The molecule has 122 valence electrons. The summed E-state index contributed by atoms with van der Waals surface area (Å²) in [4.78, 5) is 16.6. The van der Waals surface area contributed by atoms with Crippen LogP contribution in [-0.2, 0) is 0 Å². The van der Waals surface area contributed by atoms with Crippen LogP contribution in [0, 0.1) is 5.82 Å². The Kier molecular flexibility index (Phi) is 3.74. The van der Waals surface area contributed by atoms with E-state index in [1.165, 1.54) is 12.1 Å². The van der Waals surface area contributed by atoms with Gasteiger partial charge in [-0.1, -0.05) is 18.2 Å². The molecule has 0 saturated carbocycles. The first kappa shape index (κ1) is 15.1. The lowest BCUT2D eigenvalue weighted by Crippen LogP contribution is -2.11. The number of anilines is 1. The monoisotopic (exact) mass is 332 g/mol. The van der Waals surface area contributed by atoms with Crippen molar-refractivity contribution in [3.63, 3.8) is 0 Å². The van der Waals surface area contributed by atoms with Gasteiger partial charge in [0.15, 0.2) is 5.58 Å². The van der Waals surface area contributed by atoms with Gasteiger partial charge >= 0.3 is 0 Å². The lowest BCUT2D eigenvalue weighted by Gasteiger charge is -2.04. The Hall–Kier alpha value is -3.47. The molecule has 1 amide bonds. The second kappa shape index (κ2) is 6.20. The molecule has 1 heterocycles. The normalized spacial score (nSPS) is 10.8. The van der Waals surface area contributed by atoms with E-state index in [1.807, 2.05) is 18.2 Å². The summed E-state index contributed by atoms with van der Waals surface area (Å²) in [6.45, 7) is 0. The molecule has 0 spiro atoms. The van der Waals surface area contributed by atoms with Gasteiger partial charge in [-0.05, 0) is 54.6 Å². The molecule has 5 heteroatoms. The highest BCUT2D eigenvalue weighted by Gasteiger charge is 2.11. The van der Waals surface area contributed by atoms with Crippen molar-refractivity contribution in [1.82, 2.24) is 4.98 Å². The predicted molar refractivity (Wildman–Crippen MR) is 93.8 cm³/mol. The molecule has 1 N–H and O–H groups in total. The zero-order valence-corrected chi connectivity index (χ0v) is 13.1. The van der Waals surface area contributed by atoms with Crippen LogP contribution in [-0.4, -0.2) is 10.9 Å². The van der Waals surface area contributed by atoms with Crippen LogP contribution in [0.25, 0.3) is 22.6 Å². The Balaban J connectivity index is 1.62. The van der Waals surface area contributed by atoms with E-state index < -0.39 is 0 Å². The molecular formula is C20H13FN2O2. The minimum Gasteiger partial charge on any atom is -0.436 e. The number of nitrogens with one attached hydrogen (secondary N) is 1. The first-order chi connectivity index (χ1) is 12.2. The topological polar surface area (TPSA) is 55.1 Å². The second-order valence-corrected chi connectivity index (χ2v) is 5.53. The van der Waals surface area contributed by atoms with E-state index >= 15 is 0 Å². The third-order valence-corrected chi connectivity index (χ3v) is 3.77. The Labute approximate surface area is 142 Å². The Bertz CT molecular complexity index is 1040. The zero-order chi connectivity index (χ0) is 17.2. The maximum Gasteiger partial charge on any atom is 0.255 e. The molecule has 0 aliphatic carbocycles. The maximum absolute atomic E-state index is 13.0. The van der Waals surface area contributed by atoms with Crippen LogP contribution in [0.4, 0.5) is 10.1 Å². The van der Waals surface area contributed by atoms with Gasteiger partial charge in [0.25, 0.3) is 5.91 Å². The van der Waals surface area contributed by atoms with Crippen molar-refractivity contribution >= 4 is 22.7 Å². The fourth-order valence-corrected chi connectivity index (χ4v) is 2.51. The third-order valence-electron chi connectivity index (χ3n) is 3.77. The van der Waals surface area contributed by atoms with Crippen LogP contribution in [0.15, 0.2) is 77.2 Å². The SMILES string of the molecule is O=C(Nc1ccc2oc(-c3ccc(F)cc3)nc2c1)c1ccccc1. The van der Waals surface area contributed by atoms with Crippen LogP contribution >= 0.6 is 0 Å². The number of oxazole rings is 1. The molecule has 0 atom stereocenters. The number of halogens is 1. The Morgan fingerprint density at radius 1 is 0.960 bits per heavy atom. The smallest absolute Gasteiger partial charge is 0.255 e. The quantitative estimate of drug-likeness (QED) is 0.581. The number of carbonyl (C=O) groups is 1. The number of rotatable bonds is 3. The van der Waals surface area contributed by atoms with Gasteiger partial charge in [0.2, 0.25) is 5.89 Å². The van der Waals surface area contributed by atoms with E-state index in [4.69, 9.17) is 4.42 Å². The molecule has 25 heavy (non-hydrogen) atoms. The van der Waals surface area contributed by atoms with Gasteiger partial charge in [-0.15, -0.1) is 0 Å². The van der Waals surface area contributed by atoms with Crippen molar-refractivity contribution in [2.75, 3.05) is 5.32 Å². The summed E-state index contributed by atoms with van der Waals surface area (Å²) in [6, 6.07) is 20.1. The fourth-order valence-electron chi connectivity index (χ4n) is 2.51. The van der Waals surface area contributed by atoms with Gasteiger partial charge in [0.1, 0.15) is 11.3 Å². The van der Waals surface area contributed by atoms with Gasteiger partial charge in [-0.2, -0.15) is 0 Å². The van der Waals surface area contributed by atoms with Gasteiger partial charge in [-0.3, -0.25) is 4.79 Å². The molecular weight excluding hydrogens is 319 g/mol. The zero-order valence-electron chi connectivity index (χ0n) is 13.1. The van der Waals surface area contributed by atoms with Gasteiger partial charge < -0.3 is 9.73 Å². The first-order valence-electron chi connectivity index (χ1n) is 7.72. The van der Waals surface area contributed by atoms with Crippen molar-refractivity contribution in [1.29, 1.82) is 0 Å². The molecule has 0 fully saturated rings. The van der Waals surface area contributed by atoms with Crippen molar-refractivity contribution in [2.45, 2.75) is 0 Å². The molecule has 3 aromatic carbocycles. The van der Waals surface area contributed by atoms with E-state index in [-0.39, 0.29) is 11.7 Å². The number of aromatic nitrogens is 1. The molecule has 0 aliphatic heterocycles. The van der Waals surface area contributed by atoms with Crippen LogP contribution in [0.1, 0.15) is 10.4 Å². The lowest BCUT2D eigenvalue weighted by atomic mass is 10.2. The number of benzene rings is 3. The van der Waals surface area contributed by atoms with E-state index in [9.17, 15) is 9.18 Å². The Morgan fingerprint density at radius 2 is 1.72 bits per heavy atom. The standard InChI is InChI=1S/C20H13FN2O2/c21-15-8-6-14(7-9-15)20-23-17-12-16(10-11-18(17)25-20)22-19(24)13-4-2-1-3-5-13/h1-12H,(H,22,24). The van der Waals surface area contributed by atoms with E-state index in [1.54, 1.807) is 42.5 Å². The predicted octanol–water partition coefficient (Wildman–Crippen LogP) is 4.89. The summed E-state index contributed by atoms with van der Waals surface area (Å²) >= 11 is 0. The van der Waals surface area contributed by atoms with Crippen LogP contribution in [0.5, 0.6) is 0 Å². The highest BCUT2D eigenvalue weighted by atomic mass is 19.1. The minimum atomic E-state index is -0.314. The number of amides is 1. The average molecular weight is 332 g/mol. The molecule has 4 rings (SSSR count). The summed E-state index contributed by atoms with van der Waals surface area (Å²) in [5.41, 5.74) is 3.10. The maximum atomic E-state index is 13.0. The van der Waals surface area contributed by atoms with E-state index in [0.29, 0.717) is 33.8 Å². The van der Waals surface area contributed by atoms with Gasteiger partial charge in [0, 0.05) is 16.8 Å². The van der Waals surface area contributed by atoms with Crippen molar-refractivity contribution in [2.24, 2.45) is 0 Å². The molecule has 4 aromatic rings. The number of nitrogens with zero attached hydrogens (tertiary/aromatic N) is 1. The van der Waals surface area contributed by atoms with Gasteiger partial charge in [0.05, 0.1) is 0 Å². The van der Waals surface area contributed by atoms with E-state index in [0.717, 1.165) is 0 Å². The highest BCUT2D eigenvalue weighted by Crippen LogP contribution is 2.26. The highest BCUT2D eigenvalue weighted by molar-refractivity contribution is 6.04. The molecule has 0 unspecified atom stereocenters. The van der Waals surface area contributed by atoms with Crippen LogP contribution < -0.4 is 5.32 Å². The summed E-state index contributed by atoms with van der Waals surface area (Å²) in [6.07, 6.45) is 0. The molecule has 0 bridgehead atoms. The summed E-state index contributed by atoms with van der Waals surface area (Å²) < 4.78 is 18.7. The summed E-state index contributed by atoms with van der Waals surface area (Å²) in [7, 11) is 0. The molecule has 0 aliphatic rings. The summed E-state index contributed by atoms with van der Waals surface area (Å²) in [5, 5.41) is 2.84. The van der Waals surface area contributed by atoms with Crippen LogP contribution in [0.2, 0.25) is 0 Å². The largest absolute Gasteiger partial charge is 0.436 e. The van der Waals surface area contributed by atoms with Crippen molar-refractivity contribution in [3.05, 3.63) is 84.2 Å². The van der Waals surface area contributed by atoms with Crippen LogP contribution in [0.3, 0.4) is 0 Å². The molecule has 1 aromatic heterocycles. The minimum absolute atomic E-state index is 0.192. The Morgan fingerprint density at radius 3 is 2.48 bits per heavy atom. The number of carbonyl (C=O) groups excluding carboxylic acids is 1. The third kappa shape index (κ3) is 3.12. The van der Waals surface area contributed by atoms with Crippen molar-refractivity contribution < 1.29 is 13.6 Å².